The molecule has 1 aromatic rings. The Bertz CT molecular complexity index is 435. The quantitative estimate of drug-likeness (QED) is 0.854. The van der Waals surface area contributed by atoms with Crippen molar-refractivity contribution in [1.29, 1.82) is 0 Å². The van der Waals surface area contributed by atoms with Gasteiger partial charge in [-0.2, -0.15) is 5.10 Å². The molecular weight excluding hydrogens is 228 g/mol. The van der Waals surface area contributed by atoms with E-state index in [-0.39, 0.29) is 5.56 Å². The average molecular weight is 250 g/mol. The lowest BCUT2D eigenvalue weighted by molar-refractivity contribution is 0.437. The van der Waals surface area contributed by atoms with Crippen LogP contribution >= 0.6 is 0 Å². The lowest BCUT2D eigenvalue weighted by atomic mass is 9.99. The number of nitrogens with zero attached hydrogens (tertiary/aromatic N) is 3. The molecule has 100 valence electrons. The van der Waals surface area contributed by atoms with E-state index in [9.17, 15) is 4.79 Å². The van der Waals surface area contributed by atoms with Gasteiger partial charge in [0.2, 0.25) is 0 Å². The Labute approximate surface area is 108 Å². The molecule has 0 spiro atoms. The maximum atomic E-state index is 11.9. The molecule has 0 aromatic carbocycles. The Kier molecular flexibility index (Phi) is 4.36. The van der Waals surface area contributed by atoms with Gasteiger partial charge in [-0.1, -0.05) is 6.92 Å². The van der Waals surface area contributed by atoms with Crippen molar-refractivity contribution < 1.29 is 0 Å². The Morgan fingerprint density at radius 1 is 1.44 bits per heavy atom. The molecule has 1 aromatic heterocycles. The number of nitrogens with one attached hydrogen (secondary N) is 1. The average Bonchev–Trinajstić information content (AvgIpc) is 2.38. The second-order valence-electron chi connectivity index (χ2n) is 5.05. The first-order valence-corrected chi connectivity index (χ1v) is 6.67. The minimum absolute atomic E-state index is 0.0126. The van der Waals surface area contributed by atoms with E-state index >= 15 is 0 Å². The summed E-state index contributed by atoms with van der Waals surface area (Å²) >= 11 is 0. The van der Waals surface area contributed by atoms with Crippen LogP contribution in [-0.4, -0.2) is 36.5 Å². The highest BCUT2D eigenvalue weighted by atomic mass is 16.1. The summed E-state index contributed by atoms with van der Waals surface area (Å²) in [7, 11) is 1.87. The molecule has 18 heavy (non-hydrogen) atoms. The fourth-order valence-corrected chi connectivity index (χ4v) is 2.25. The molecule has 0 saturated carbocycles. The zero-order chi connectivity index (χ0) is 13.0. The first kappa shape index (κ1) is 13.1. The fraction of sp³-hybridized carbons (Fsp3) is 0.692. The van der Waals surface area contributed by atoms with Crippen LogP contribution in [0.15, 0.2) is 17.1 Å². The van der Waals surface area contributed by atoms with Crippen LogP contribution in [0.5, 0.6) is 0 Å². The highest BCUT2D eigenvalue weighted by molar-refractivity contribution is 5.43. The molecule has 1 aliphatic rings. The summed E-state index contributed by atoms with van der Waals surface area (Å²) < 4.78 is 1.51. The van der Waals surface area contributed by atoms with Crippen LogP contribution in [0.25, 0.3) is 0 Å². The van der Waals surface area contributed by atoms with Crippen LogP contribution in [-0.2, 0) is 6.54 Å². The van der Waals surface area contributed by atoms with Gasteiger partial charge in [-0.3, -0.25) is 4.79 Å². The van der Waals surface area contributed by atoms with Gasteiger partial charge in [0.15, 0.2) is 0 Å². The minimum Gasteiger partial charge on any atom is -0.370 e. The zero-order valence-electron chi connectivity index (χ0n) is 11.2. The molecule has 0 amide bonds. The van der Waals surface area contributed by atoms with Crippen LogP contribution in [0, 0.1) is 5.92 Å². The van der Waals surface area contributed by atoms with Gasteiger partial charge in [-0.15, -0.1) is 0 Å². The predicted molar refractivity (Wildman–Crippen MR) is 73.0 cm³/mol. The molecule has 0 bridgehead atoms. The topological polar surface area (TPSA) is 50.2 Å². The van der Waals surface area contributed by atoms with Gasteiger partial charge in [0, 0.05) is 25.7 Å². The predicted octanol–water partition coefficient (Wildman–Crippen LogP) is 0.699. The van der Waals surface area contributed by atoms with Crippen molar-refractivity contribution >= 4 is 5.69 Å². The lowest BCUT2D eigenvalue weighted by Gasteiger charge is -2.31. The number of hydrogen-bond donors (Lipinski definition) is 1. The molecule has 0 radical (unpaired) electrons. The lowest BCUT2D eigenvalue weighted by Crippen LogP contribution is -2.35. The van der Waals surface area contributed by atoms with E-state index in [1.54, 1.807) is 6.07 Å². The summed E-state index contributed by atoms with van der Waals surface area (Å²) in [6.45, 7) is 5.72. The summed E-state index contributed by atoms with van der Waals surface area (Å²) in [6, 6.07) is 1.71. The summed E-state index contributed by atoms with van der Waals surface area (Å²) in [5, 5.41) is 7.25. The largest absolute Gasteiger partial charge is 0.370 e. The van der Waals surface area contributed by atoms with Crippen LogP contribution in [0.4, 0.5) is 5.69 Å². The summed E-state index contributed by atoms with van der Waals surface area (Å²) in [5.41, 5.74) is 0.953. The van der Waals surface area contributed by atoms with Gasteiger partial charge in [0.1, 0.15) is 0 Å². The van der Waals surface area contributed by atoms with Gasteiger partial charge in [-0.05, 0) is 25.8 Å². The number of likely N-dealkylation sites (N-methyl/N-ethyl adjacent to an activating group) is 1. The Morgan fingerprint density at radius 3 is 2.78 bits per heavy atom. The number of rotatable bonds is 4. The molecule has 5 heteroatoms. The molecule has 0 aliphatic carbocycles. The molecule has 1 fully saturated rings. The number of hydrogen-bond acceptors (Lipinski definition) is 4. The van der Waals surface area contributed by atoms with E-state index in [0.717, 1.165) is 31.2 Å². The monoisotopic (exact) mass is 250 g/mol. The third-order valence-corrected chi connectivity index (χ3v) is 3.58. The maximum absolute atomic E-state index is 11.9. The number of aromatic nitrogens is 2. The van der Waals surface area contributed by atoms with Crippen molar-refractivity contribution in [2.75, 3.05) is 31.6 Å². The summed E-state index contributed by atoms with van der Waals surface area (Å²) in [5.74, 6) is 0.796. The molecular formula is C13H22N4O. The van der Waals surface area contributed by atoms with Crippen molar-refractivity contribution in [3.63, 3.8) is 0 Å². The molecule has 2 heterocycles. The van der Waals surface area contributed by atoms with Gasteiger partial charge in [-0.25, -0.2) is 4.68 Å². The van der Waals surface area contributed by atoms with E-state index < -0.39 is 0 Å². The molecule has 0 atom stereocenters. The van der Waals surface area contributed by atoms with Crippen molar-refractivity contribution in [2.24, 2.45) is 5.92 Å². The third-order valence-electron chi connectivity index (χ3n) is 3.58. The second-order valence-corrected chi connectivity index (χ2v) is 5.05. The van der Waals surface area contributed by atoms with Gasteiger partial charge in [0.25, 0.3) is 5.56 Å². The highest BCUT2D eigenvalue weighted by Gasteiger charge is 2.16. The van der Waals surface area contributed by atoms with E-state index in [4.69, 9.17) is 0 Å². The standard InChI is InChI=1S/C13H22N4O/c1-11-3-6-16(7-4-11)12-9-13(18)17(15-10-12)8-5-14-2/h9-11,14H,3-8H2,1-2H3. The number of anilines is 1. The summed E-state index contributed by atoms with van der Waals surface area (Å²) in [6.07, 6.45) is 4.21. The molecule has 0 unspecified atom stereocenters. The van der Waals surface area contributed by atoms with Gasteiger partial charge >= 0.3 is 0 Å². The van der Waals surface area contributed by atoms with Crippen molar-refractivity contribution in [2.45, 2.75) is 26.3 Å². The third kappa shape index (κ3) is 3.10. The first-order chi connectivity index (χ1) is 8.70. The van der Waals surface area contributed by atoms with Crippen molar-refractivity contribution in [3.05, 3.63) is 22.6 Å². The number of piperidine rings is 1. The maximum Gasteiger partial charge on any atom is 0.268 e. The second kappa shape index (κ2) is 6.00. The van der Waals surface area contributed by atoms with Crippen molar-refractivity contribution in [3.8, 4) is 0 Å². The van der Waals surface area contributed by atoms with Crippen LogP contribution in [0.1, 0.15) is 19.8 Å². The normalized spacial score (nSPS) is 17.1. The van der Waals surface area contributed by atoms with E-state index in [1.807, 2.05) is 13.2 Å². The Morgan fingerprint density at radius 2 is 2.17 bits per heavy atom. The van der Waals surface area contributed by atoms with Crippen LogP contribution in [0.2, 0.25) is 0 Å². The smallest absolute Gasteiger partial charge is 0.268 e. The zero-order valence-corrected chi connectivity index (χ0v) is 11.2. The molecule has 1 saturated heterocycles. The van der Waals surface area contributed by atoms with Crippen molar-refractivity contribution in [1.82, 2.24) is 15.1 Å². The van der Waals surface area contributed by atoms with Crippen LogP contribution in [0.3, 0.4) is 0 Å². The van der Waals surface area contributed by atoms with E-state index in [2.05, 4.69) is 22.2 Å². The minimum atomic E-state index is -0.0126. The molecule has 1 aliphatic heterocycles. The fourth-order valence-electron chi connectivity index (χ4n) is 2.25. The molecule has 1 N–H and O–H groups in total. The van der Waals surface area contributed by atoms with Crippen LogP contribution < -0.4 is 15.8 Å². The first-order valence-electron chi connectivity index (χ1n) is 6.67. The van der Waals surface area contributed by atoms with Gasteiger partial charge in [0.05, 0.1) is 18.4 Å². The molecule has 5 nitrogen and oxygen atoms in total. The van der Waals surface area contributed by atoms with E-state index in [1.165, 1.54) is 17.5 Å². The highest BCUT2D eigenvalue weighted by Crippen LogP contribution is 2.20. The Hall–Kier alpha value is -1.36. The molecule has 2 rings (SSSR count). The Balaban J connectivity index is 2.06. The van der Waals surface area contributed by atoms with E-state index in [0.29, 0.717) is 6.54 Å². The summed E-state index contributed by atoms with van der Waals surface area (Å²) in [4.78, 5) is 14.2. The SMILES string of the molecule is CNCCn1ncc(N2CCC(C)CC2)cc1=O. The van der Waals surface area contributed by atoms with Gasteiger partial charge < -0.3 is 10.2 Å².